The first kappa shape index (κ1) is 16.5. The van der Waals surface area contributed by atoms with Crippen molar-refractivity contribution < 1.29 is 22.5 Å². The van der Waals surface area contributed by atoms with Gasteiger partial charge in [0.25, 0.3) is 0 Å². The molecule has 0 N–H and O–H groups in total. The number of alkyl halides is 3. The maximum atomic E-state index is 12.7. The van der Waals surface area contributed by atoms with E-state index in [1.54, 1.807) is 12.1 Å². The van der Waals surface area contributed by atoms with E-state index in [1.807, 2.05) is 27.7 Å². The molecule has 5 rings (SSSR count). The minimum atomic E-state index is -4.28. The Hall–Kier alpha value is -1.01. The smallest absolute Gasteiger partial charge is 0.403 e. The molecule has 0 unspecified atom stereocenters. The van der Waals surface area contributed by atoms with Crippen LogP contribution in [-0.2, 0) is 20.9 Å². The van der Waals surface area contributed by atoms with E-state index in [2.05, 4.69) is 0 Å². The van der Waals surface area contributed by atoms with Gasteiger partial charge in [-0.1, -0.05) is 12.1 Å². The van der Waals surface area contributed by atoms with Crippen LogP contribution in [0.25, 0.3) is 0 Å². The zero-order valence-corrected chi connectivity index (χ0v) is 14.5. The monoisotopic (exact) mass is 338 g/mol. The Morgan fingerprint density at radius 2 is 1.33 bits per heavy atom. The molecule has 1 heterocycles. The van der Waals surface area contributed by atoms with Crippen molar-refractivity contribution in [3.05, 3.63) is 35.4 Å². The van der Waals surface area contributed by atoms with Gasteiger partial charge in [0.15, 0.2) is 0 Å². The van der Waals surface area contributed by atoms with E-state index in [1.165, 1.54) is 12.1 Å². The summed E-state index contributed by atoms with van der Waals surface area (Å²) in [6.07, 6.45) is -1.48. The number of benzene rings is 1. The Morgan fingerprint density at radius 1 is 0.875 bits per heavy atom. The molecule has 4 aliphatic rings. The van der Waals surface area contributed by atoms with Crippen LogP contribution in [0.3, 0.4) is 0 Å². The highest BCUT2D eigenvalue weighted by molar-refractivity contribution is 6.51. The Bertz CT molecular complexity index is 643. The van der Waals surface area contributed by atoms with Crippen LogP contribution in [0.5, 0.6) is 0 Å². The molecule has 2 bridgehead atoms. The number of hydrogen-bond acceptors (Lipinski definition) is 2. The van der Waals surface area contributed by atoms with E-state index in [0.29, 0.717) is 0 Å². The van der Waals surface area contributed by atoms with Crippen molar-refractivity contribution in [3.8, 4) is 0 Å². The number of halogens is 3. The summed E-state index contributed by atoms with van der Waals surface area (Å²) in [5.41, 5.74) is -0.232. The zero-order valence-electron chi connectivity index (χ0n) is 14.5. The molecule has 3 aliphatic carbocycles. The standard InChI is InChI=1S/C18H22BF3O2/c1-14(2)15(3,4)24-19(23-14)17-9-16(10-17,11-17)12-5-7-13(8-6-12)18(20,21)22/h5-8H,9-11H2,1-4H3. The van der Waals surface area contributed by atoms with Crippen molar-refractivity contribution in [3.63, 3.8) is 0 Å². The van der Waals surface area contributed by atoms with Gasteiger partial charge in [-0.15, -0.1) is 0 Å². The second-order valence-electron chi connectivity index (χ2n) is 8.84. The first-order valence-electron chi connectivity index (χ1n) is 8.43. The molecule has 1 aromatic rings. The van der Waals surface area contributed by atoms with Crippen LogP contribution in [0.4, 0.5) is 13.2 Å². The average molecular weight is 338 g/mol. The summed E-state index contributed by atoms with van der Waals surface area (Å²) in [4.78, 5) is 0. The van der Waals surface area contributed by atoms with Gasteiger partial charge in [-0.25, -0.2) is 0 Å². The molecular weight excluding hydrogens is 316 g/mol. The van der Waals surface area contributed by atoms with Crippen LogP contribution in [0.2, 0.25) is 5.31 Å². The second kappa shape index (κ2) is 4.39. The minimum absolute atomic E-state index is 0.0216. The molecule has 0 amide bonds. The third-order valence-electron chi connectivity index (χ3n) is 6.65. The van der Waals surface area contributed by atoms with E-state index in [4.69, 9.17) is 9.31 Å². The predicted molar refractivity (Wildman–Crippen MR) is 85.7 cm³/mol. The van der Waals surface area contributed by atoms with Crippen molar-refractivity contribution in [1.82, 2.24) is 0 Å². The van der Waals surface area contributed by atoms with Crippen LogP contribution in [0.1, 0.15) is 58.1 Å². The topological polar surface area (TPSA) is 18.5 Å². The summed E-state index contributed by atoms with van der Waals surface area (Å²) in [5.74, 6) is 0. The lowest BCUT2D eigenvalue weighted by atomic mass is 9.23. The van der Waals surface area contributed by atoms with Crippen LogP contribution >= 0.6 is 0 Å². The molecule has 1 saturated heterocycles. The van der Waals surface area contributed by atoms with Crippen LogP contribution in [-0.4, -0.2) is 18.3 Å². The van der Waals surface area contributed by atoms with E-state index >= 15 is 0 Å². The highest BCUT2D eigenvalue weighted by Crippen LogP contribution is 2.80. The largest absolute Gasteiger partial charge is 0.464 e. The van der Waals surface area contributed by atoms with Crippen LogP contribution < -0.4 is 0 Å². The molecular formula is C18H22BF3O2. The maximum Gasteiger partial charge on any atom is 0.464 e. The van der Waals surface area contributed by atoms with Crippen molar-refractivity contribution in [2.75, 3.05) is 0 Å². The van der Waals surface area contributed by atoms with Gasteiger partial charge in [-0.05, 0) is 70.1 Å². The van der Waals surface area contributed by atoms with Gasteiger partial charge in [0, 0.05) is 5.31 Å². The highest BCUT2D eigenvalue weighted by atomic mass is 19.4. The lowest BCUT2D eigenvalue weighted by Crippen LogP contribution is -2.66. The normalized spacial score (nSPS) is 36.2. The van der Waals surface area contributed by atoms with Crippen molar-refractivity contribution in [2.24, 2.45) is 0 Å². The van der Waals surface area contributed by atoms with Gasteiger partial charge in [-0.3, -0.25) is 0 Å². The van der Waals surface area contributed by atoms with E-state index in [9.17, 15) is 13.2 Å². The van der Waals surface area contributed by atoms with Gasteiger partial charge in [-0.2, -0.15) is 13.2 Å². The van der Waals surface area contributed by atoms with Crippen molar-refractivity contribution in [2.45, 2.75) is 75.1 Å². The van der Waals surface area contributed by atoms with Crippen LogP contribution in [0, 0.1) is 0 Å². The molecule has 4 fully saturated rings. The van der Waals surface area contributed by atoms with Gasteiger partial charge in [0.2, 0.25) is 0 Å². The summed E-state index contributed by atoms with van der Waals surface area (Å²) in [7, 11) is -0.209. The molecule has 6 heteroatoms. The molecule has 3 saturated carbocycles. The van der Waals surface area contributed by atoms with Crippen molar-refractivity contribution in [1.29, 1.82) is 0 Å². The molecule has 0 radical (unpaired) electrons. The van der Waals surface area contributed by atoms with E-state index in [-0.39, 0.29) is 29.0 Å². The van der Waals surface area contributed by atoms with Gasteiger partial charge in [0.1, 0.15) is 0 Å². The molecule has 1 aliphatic heterocycles. The van der Waals surface area contributed by atoms with Crippen LogP contribution in [0.15, 0.2) is 24.3 Å². The lowest BCUT2D eigenvalue weighted by molar-refractivity contribution is -0.137. The summed E-state index contributed by atoms with van der Waals surface area (Å²) in [6.45, 7) is 8.18. The lowest BCUT2D eigenvalue weighted by Gasteiger charge is -2.71. The first-order chi connectivity index (χ1) is 10.9. The Morgan fingerprint density at radius 3 is 1.75 bits per heavy atom. The van der Waals surface area contributed by atoms with Crippen molar-refractivity contribution >= 4 is 7.12 Å². The minimum Gasteiger partial charge on any atom is -0.403 e. The fraction of sp³-hybridized carbons (Fsp3) is 0.667. The third kappa shape index (κ3) is 2.05. The fourth-order valence-electron chi connectivity index (χ4n) is 4.53. The number of hydrogen-bond donors (Lipinski definition) is 0. The molecule has 130 valence electrons. The highest BCUT2D eigenvalue weighted by Gasteiger charge is 2.76. The molecule has 1 aromatic carbocycles. The Kier molecular flexibility index (Phi) is 3.01. The predicted octanol–water partition coefficient (Wildman–Crippen LogP) is 4.97. The molecule has 0 aromatic heterocycles. The molecule has 0 spiro atoms. The SMILES string of the molecule is CC1(C)OB(C23CC(c4ccc(C(F)(F)F)cc4)(C2)C3)OC1(C)C. The second-order valence-corrected chi connectivity index (χ2v) is 8.84. The van der Waals surface area contributed by atoms with Gasteiger partial charge in [0.05, 0.1) is 16.8 Å². The van der Waals surface area contributed by atoms with E-state index in [0.717, 1.165) is 24.8 Å². The fourth-order valence-corrected chi connectivity index (χ4v) is 4.53. The van der Waals surface area contributed by atoms with Gasteiger partial charge >= 0.3 is 13.3 Å². The Balaban J connectivity index is 1.47. The maximum absolute atomic E-state index is 12.7. The zero-order chi connectivity index (χ0) is 17.6. The summed E-state index contributed by atoms with van der Waals surface area (Å²) in [5, 5.41) is 0.0355. The van der Waals surface area contributed by atoms with Gasteiger partial charge < -0.3 is 9.31 Å². The summed E-state index contributed by atoms with van der Waals surface area (Å²) < 4.78 is 50.5. The molecule has 0 atom stereocenters. The molecule has 24 heavy (non-hydrogen) atoms. The number of rotatable bonds is 2. The molecule has 2 nitrogen and oxygen atoms in total. The quantitative estimate of drug-likeness (QED) is 0.709. The Labute approximate surface area is 140 Å². The summed E-state index contributed by atoms with van der Waals surface area (Å²) >= 11 is 0. The first-order valence-corrected chi connectivity index (χ1v) is 8.43. The third-order valence-corrected chi connectivity index (χ3v) is 6.65. The summed E-state index contributed by atoms with van der Waals surface area (Å²) in [6, 6.07) is 5.65. The van der Waals surface area contributed by atoms with E-state index < -0.39 is 11.7 Å². The average Bonchev–Trinajstić information content (AvgIpc) is 2.54.